The number of rotatable bonds is 3. The van der Waals surface area contributed by atoms with Crippen molar-refractivity contribution >= 4 is 33.6 Å². The molecule has 0 bridgehead atoms. The van der Waals surface area contributed by atoms with E-state index in [1.54, 1.807) is 48.8 Å². The largest absolute Gasteiger partial charge is 0.456 e. The fourth-order valence-corrected chi connectivity index (χ4v) is 3.18. The first kappa shape index (κ1) is 16.2. The van der Waals surface area contributed by atoms with E-state index >= 15 is 0 Å². The zero-order valence-electron chi connectivity index (χ0n) is 14.4. The Hall–Kier alpha value is -4.00. The summed E-state index contributed by atoms with van der Waals surface area (Å²) >= 11 is 0. The van der Waals surface area contributed by atoms with Crippen molar-refractivity contribution in [1.29, 1.82) is 0 Å². The highest BCUT2D eigenvalue weighted by molar-refractivity contribution is 6.12. The second kappa shape index (κ2) is 6.31. The first-order valence-electron chi connectivity index (χ1n) is 8.57. The number of aromatic nitrogens is 3. The number of furan rings is 1. The number of hydrogen-bond acceptors (Lipinski definition) is 4. The van der Waals surface area contributed by atoms with E-state index in [2.05, 4.69) is 20.5 Å². The quantitative estimate of drug-likeness (QED) is 0.478. The van der Waals surface area contributed by atoms with Crippen molar-refractivity contribution in [1.82, 2.24) is 15.2 Å². The summed E-state index contributed by atoms with van der Waals surface area (Å²) in [7, 11) is 0. The maximum atomic E-state index is 14.0. The minimum absolute atomic E-state index is 0.288. The van der Waals surface area contributed by atoms with Crippen molar-refractivity contribution in [3.05, 3.63) is 78.4 Å². The molecule has 0 saturated carbocycles. The summed E-state index contributed by atoms with van der Waals surface area (Å²) in [6.07, 6.45) is 3.14. The normalized spacial score (nSPS) is 11.2. The molecule has 0 unspecified atom stereocenters. The van der Waals surface area contributed by atoms with E-state index < -0.39 is 0 Å². The smallest absolute Gasteiger partial charge is 0.257 e. The van der Waals surface area contributed by atoms with Gasteiger partial charge in [-0.05, 0) is 42.5 Å². The molecule has 0 aliphatic rings. The van der Waals surface area contributed by atoms with Crippen LogP contribution in [0, 0.1) is 5.82 Å². The summed E-state index contributed by atoms with van der Waals surface area (Å²) in [5.74, 6) is 0.392. The SMILES string of the molecule is O=C(Nc1ccn[nH]1)c1ccnc2ccc(-c3cc4c(F)cccc4o3)cc12. The number of pyridine rings is 1. The van der Waals surface area contributed by atoms with Gasteiger partial charge in [-0.2, -0.15) is 5.10 Å². The number of anilines is 1. The number of aromatic amines is 1. The van der Waals surface area contributed by atoms with Crippen molar-refractivity contribution in [3.8, 4) is 11.3 Å². The van der Waals surface area contributed by atoms with E-state index in [1.165, 1.54) is 6.07 Å². The lowest BCUT2D eigenvalue weighted by Crippen LogP contribution is -2.13. The maximum absolute atomic E-state index is 14.0. The standard InChI is InChI=1S/C21H13FN4O2/c22-16-2-1-3-18-15(16)11-19(28-18)12-4-5-17-14(10-12)13(6-8-23-17)21(27)25-20-7-9-24-26-20/h1-11H,(H2,24,25,26,27). The Morgan fingerprint density at radius 1 is 1.04 bits per heavy atom. The first-order valence-corrected chi connectivity index (χ1v) is 8.57. The molecule has 3 aromatic heterocycles. The van der Waals surface area contributed by atoms with E-state index in [1.807, 2.05) is 12.1 Å². The molecule has 3 heterocycles. The van der Waals surface area contributed by atoms with Gasteiger partial charge >= 0.3 is 0 Å². The molecule has 0 spiro atoms. The number of carbonyl (C=O) groups excluding carboxylic acids is 1. The number of hydrogen-bond donors (Lipinski definition) is 2. The fraction of sp³-hybridized carbons (Fsp3) is 0. The summed E-state index contributed by atoms with van der Waals surface area (Å²) in [6, 6.07) is 15.1. The zero-order chi connectivity index (χ0) is 19.1. The third kappa shape index (κ3) is 2.69. The summed E-state index contributed by atoms with van der Waals surface area (Å²) in [5, 5.41) is 10.4. The molecule has 5 aromatic rings. The van der Waals surface area contributed by atoms with E-state index in [0.29, 0.717) is 39.0 Å². The number of amides is 1. The van der Waals surface area contributed by atoms with Gasteiger partial charge in [0.25, 0.3) is 5.91 Å². The number of H-pyrrole nitrogens is 1. The van der Waals surface area contributed by atoms with Gasteiger partial charge in [-0.1, -0.05) is 6.07 Å². The lowest BCUT2D eigenvalue weighted by atomic mass is 10.0. The van der Waals surface area contributed by atoms with Crippen molar-refractivity contribution < 1.29 is 13.6 Å². The molecular weight excluding hydrogens is 359 g/mol. The van der Waals surface area contributed by atoms with Crippen molar-refractivity contribution in [2.75, 3.05) is 5.32 Å². The van der Waals surface area contributed by atoms with Crippen LogP contribution < -0.4 is 5.32 Å². The van der Waals surface area contributed by atoms with Gasteiger partial charge in [0.2, 0.25) is 0 Å². The summed E-state index contributed by atoms with van der Waals surface area (Å²) in [4.78, 5) is 17.0. The van der Waals surface area contributed by atoms with Crippen molar-refractivity contribution in [2.24, 2.45) is 0 Å². The highest BCUT2D eigenvalue weighted by atomic mass is 19.1. The molecule has 6 nitrogen and oxygen atoms in total. The number of nitrogens with zero attached hydrogens (tertiary/aromatic N) is 2. The summed E-state index contributed by atoms with van der Waals surface area (Å²) in [5.41, 5.74) is 2.33. The maximum Gasteiger partial charge on any atom is 0.257 e. The van der Waals surface area contributed by atoms with Crippen LogP contribution in [0.25, 0.3) is 33.2 Å². The van der Waals surface area contributed by atoms with Crippen LogP contribution in [0.5, 0.6) is 0 Å². The van der Waals surface area contributed by atoms with E-state index in [0.717, 1.165) is 5.56 Å². The predicted molar refractivity (Wildman–Crippen MR) is 103 cm³/mol. The number of nitrogens with one attached hydrogen (secondary N) is 2. The van der Waals surface area contributed by atoms with Crippen LogP contribution in [0.4, 0.5) is 10.2 Å². The molecule has 7 heteroatoms. The first-order chi connectivity index (χ1) is 13.7. The van der Waals surface area contributed by atoms with Gasteiger partial charge in [-0.3, -0.25) is 14.9 Å². The predicted octanol–water partition coefficient (Wildman–Crippen LogP) is 4.76. The Bertz CT molecular complexity index is 1330. The molecule has 0 aliphatic carbocycles. The Morgan fingerprint density at radius 3 is 2.79 bits per heavy atom. The Morgan fingerprint density at radius 2 is 1.96 bits per heavy atom. The molecular formula is C21H13FN4O2. The Labute approximate surface area is 158 Å². The van der Waals surface area contributed by atoms with Crippen LogP contribution in [0.2, 0.25) is 0 Å². The van der Waals surface area contributed by atoms with Gasteiger partial charge in [-0.25, -0.2) is 4.39 Å². The second-order valence-electron chi connectivity index (χ2n) is 6.28. The number of carbonyl (C=O) groups is 1. The van der Waals surface area contributed by atoms with Crippen LogP contribution in [0.15, 0.2) is 71.4 Å². The molecule has 1 amide bonds. The molecule has 0 radical (unpaired) electrons. The topological polar surface area (TPSA) is 83.8 Å². The van der Waals surface area contributed by atoms with Crippen LogP contribution in [0.3, 0.4) is 0 Å². The zero-order valence-corrected chi connectivity index (χ0v) is 14.4. The van der Waals surface area contributed by atoms with E-state index in [4.69, 9.17) is 4.42 Å². The Kier molecular flexibility index (Phi) is 3.65. The molecule has 0 atom stereocenters. The molecule has 2 aromatic carbocycles. The molecule has 136 valence electrons. The van der Waals surface area contributed by atoms with E-state index in [-0.39, 0.29) is 11.7 Å². The van der Waals surface area contributed by atoms with Crippen molar-refractivity contribution in [2.45, 2.75) is 0 Å². The number of fused-ring (bicyclic) bond motifs is 2. The van der Waals surface area contributed by atoms with Crippen LogP contribution in [-0.4, -0.2) is 21.1 Å². The lowest BCUT2D eigenvalue weighted by molar-refractivity contribution is 0.102. The van der Waals surface area contributed by atoms with Crippen molar-refractivity contribution in [3.63, 3.8) is 0 Å². The molecule has 5 rings (SSSR count). The summed E-state index contributed by atoms with van der Waals surface area (Å²) < 4.78 is 19.8. The average Bonchev–Trinajstić information content (AvgIpc) is 3.37. The Balaban J connectivity index is 1.61. The number of halogens is 1. The molecule has 2 N–H and O–H groups in total. The minimum atomic E-state index is -0.338. The summed E-state index contributed by atoms with van der Waals surface area (Å²) in [6.45, 7) is 0. The number of benzene rings is 2. The minimum Gasteiger partial charge on any atom is -0.456 e. The average molecular weight is 372 g/mol. The van der Waals surface area contributed by atoms with Gasteiger partial charge in [0.1, 0.15) is 23.0 Å². The third-order valence-electron chi connectivity index (χ3n) is 4.53. The monoisotopic (exact) mass is 372 g/mol. The molecule has 0 saturated heterocycles. The fourth-order valence-electron chi connectivity index (χ4n) is 3.18. The van der Waals surface area contributed by atoms with Crippen LogP contribution in [0.1, 0.15) is 10.4 Å². The van der Waals surface area contributed by atoms with Gasteiger partial charge in [0.15, 0.2) is 0 Å². The van der Waals surface area contributed by atoms with Gasteiger partial charge < -0.3 is 9.73 Å². The lowest BCUT2D eigenvalue weighted by Gasteiger charge is -2.07. The third-order valence-corrected chi connectivity index (χ3v) is 4.53. The van der Waals surface area contributed by atoms with Gasteiger partial charge in [0, 0.05) is 23.2 Å². The highest BCUT2D eigenvalue weighted by Gasteiger charge is 2.14. The molecule has 28 heavy (non-hydrogen) atoms. The van der Waals surface area contributed by atoms with Gasteiger partial charge in [0.05, 0.1) is 22.7 Å². The van der Waals surface area contributed by atoms with Gasteiger partial charge in [-0.15, -0.1) is 0 Å². The second-order valence-corrected chi connectivity index (χ2v) is 6.28. The molecule has 0 aliphatic heterocycles. The van der Waals surface area contributed by atoms with Crippen LogP contribution >= 0.6 is 0 Å². The van der Waals surface area contributed by atoms with Crippen LogP contribution in [-0.2, 0) is 0 Å². The van der Waals surface area contributed by atoms with E-state index in [9.17, 15) is 9.18 Å². The molecule has 0 fully saturated rings. The highest BCUT2D eigenvalue weighted by Crippen LogP contribution is 2.31.